The molecule has 0 radical (unpaired) electrons. The number of oxazole rings is 1. The van der Waals surface area contributed by atoms with E-state index in [0.29, 0.717) is 5.89 Å². The maximum absolute atomic E-state index is 5.97. The molecule has 112 valence electrons. The van der Waals surface area contributed by atoms with Crippen LogP contribution in [0.5, 0.6) is 0 Å². The van der Waals surface area contributed by atoms with Crippen molar-refractivity contribution in [3.63, 3.8) is 0 Å². The van der Waals surface area contributed by atoms with Crippen LogP contribution < -0.4 is 0 Å². The van der Waals surface area contributed by atoms with Crippen LogP contribution in [0.1, 0.15) is 11.1 Å². The third-order valence-corrected chi connectivity index (χ3v) is 4.22. The molecule has 0 aliphatic heterocycles. The topological polar surface area (TPSA) is 26.0 Å². The quantitative estimate of drug-likeness (QED) is 0.469. The van der Waals surface area contributed by atoms with Gasteiger partial charge in [-0.2, -0.15) is 0 Å². The van der Waals surface area contributed by atoms with Gasteiger partial charge in [0.15, 0.2) is 5.58 Å². The molecule has 0 atom stereocenters. The minimum atomic E-state index is 0.669. The molecule has 0 saturated carbocycles. The van der Waals surface area contributed by atoms with Gasteiger partial charge < -0.3 is 4.42 Å². The van der Waals surface area contributed by atoms with Gasteiger partial charge in [-0.15, -0.1) is 0 Å². The highest BCUT2D eigenvalue weighted by Crippen LogP contribution is 2.29. The van der Waals surface area contributed by atoms with E-state index >= 15 is 0 Å². The van der Waals surface area contributed by atoms with Gasteiger partial charge in [0, 0.05) is 5.56 Å². The van der Waals surface area contributed by atoms with E-state index in [-0.39, 0.29) is 0 Å². The van der Waals surface area contributed by atoms with Gasteiger partial charge >= 0.3 is 0 Å². The first-order valence-electron chi connectivity index (χ1n) is 7.74. The van der Waals surface area contributed by atoms with Crippen LogP contribution >= 0.6 is 0 Å². The first-order chi connectivity index (χ1) is 11.2. The van der Waals surface area contributed by atoms with Gasteiger partial charge in [-0.05, 0) is 60.4 Å². The Bertz CT molecular complexity index is 944. The van der Waals surface area contributed by atoms with E-state index in [1.165, 1.54) is 16.7 Å². The third-order valence-electron chi connectivity index (χ3n) is 4.22. The first-order valence-corrected chi connectivity index (χ1v) is 7.74. The van der Waals surface area contributed by atoms with Crippen molar-refractivity contribution in [2.24, 2.45) is 0 Å². The SMILES string of the molecule is Cc1cc2nc(-c3cccc(-c4ccccc4)c3)oc2cc1C. The van der Waals surface area contributed by atoms with Gasteiger partial charge in [0.2, 0.25) is 5.89 Å². The number of hydrogen-bond donors (Lipinski definition) is 0. The molecule has 1 aromatic heterocycles. The van der Waals surface area contributed by atoms with Crippen molar-refractivity contribution >= 4 is 11.1 Å². The van der Waals surface area contributed by atoms with Crippen molar-refractivity contribution < 1.29 is 4.42 Å². The summed E-state index contributed by atoms with van der Waals surface area (Å²) in [6.07, 6.45) is 0. The molecule has 0 N–H and O–H groups in total. The smallest absolute Gasteiger partial charge is 0.227 e. The summed E-state index contributed by atoms with van der Waals surface area (Å²) < 4.78 is 5.97. The summed E-state index contributed by atoms with van der Waals surface area (Å²) in [4.78, 5) is 4.65. The molecule has 0 bridgehead atoms. The van der Waals surface area contributed by atoms with Gasteiger partial charge in [-0.3, -0.25) is 0 Å². The molecule has 0 unspecified atom stereocenters. The lowest BCUT2D eigenvalue weighted by atomic mass is 10.0. The number of nitrogens with zero attached hydrogens (tertiary/aromatic N) is 1. The zero-order chi connectivity index (χ0) is 15.8. The molecular formula is C21H17NO. The lowest BCUT2D eigenvalue weighted by Crippen LogP contribution is -1.81. The van der Waals surface area contributed by atoms with Crippen molar-refractivity contribution in [3.8, 4) is 22.6 Å². The van der Waals surface area contributed by atoms with Gasteiger partial charge in [-0.25, -0.2) is 4.98 Å². The molecule has 4 rings (SSSR count). The first kappa shape index (κ1) is 13.8. The van der Waals surface area contributed by atoms with Crippen LogP contribution in [-0.2, 0) is 0 Å². The summed E-state index contributed by atoms with van der Waals surface area (Å²) in [5, 5.41) is 0. The lowest BCUT2D eigenvalue weighted by Gasteiger charge is -2.03. The van der Waals surface area contributed by atoms with E-state index < -0.39 is 0 Å². The molecule has 2 heteroatoms. The van der Waals surface area contributed by atoms with E-state index in [9.17, 15) is 0 Å². The van der Waals surface area contributed by atoms with Gasteiger partial charge in [0.05, 0.1) is 0 Å². The van der Waals surface area contributed by atoms with Gasteiger partial charge in [0.1, 0.15) is 5.52 Å². The fourth-order valence-corrected chi connectivity index (χ4v) is 2.77. The van der Waals surface area contributed by atoms with E-state index in [2.05, 4.69) is 55.2 Å². The average Bonchev–Trinajstić information content (AvgIpc) is 2.99. The molecule has 3 aromatic carbocycles. The largest absolute Gasteiger partial charge is 0.436 e. The summed E-state index contributed by atoms with van der Waals surface area (Å²) in [5.41, 5.74) is 7.56. The Morgan fingerprint density at radius 1 is 0.696 bits per heavy atom. The Kier molecular flexibility index (Phi) is 3.23. The van der Waals surface area contributed by atoms with E-state index in [0.717, 1.165) is 22.2 Å². The summed E-state index contributed by atoms with van der Waals surface area (Å²) in [5.74, 6) is 0.669. The number of hydrogen-bond acceptors (Lipinski definition) is 2. The van der Waals surface area contributed by atoms with Crippen molar-refractivity contribution in [1.82, 2.24) is 4.98 Å². The van der Waals surface area contributed by atoms with Crippen molar-refractivity contribution in [2.75, 3.05) is 0 Å². The van der Waals surface area contributed by atoms with E-state index in [1.54, 1.807) is 0 Å². The van der Waals surface area contributed by atoms with Crippen molar-refractivity contribution in [2.45, 2.75) is 13.8 Å². The number of rotatable bonds is 2. The number of aromatic nitrogens is 1. The molecule has 4 aromatic rings. The minimum absolute atomic E-state index is 0.669. The maximum atomic E-state index is 5.97. The summed E-state index contributed by atoms with van der Waals surface area (Å²) in [6.45, 7) is 4.19. The zero-order valence-corrected chi connectivity index (χ0v) is 13.2. The van der Waals surface area contributed by atoms with Crippen LogP contribution in [0.2, 0.25) is 0 Å². The molecule has 0 amide bonds. The summed E-state index contributed by atoms with van der Waals surface area (Å²) in [6, 6.07) is 22.8. The molecule has 2 nitrogen and oxygen atoms in total. The van der Waals surface area contributed by atoms with Crippen LogP contribution in [0.3, 0.4) is 0 Å². The Labute approximate surface area is 135 Å². The fraction of sp³-hybridized carbons (Fsp3) is 0.0952. The van der Waals surface area contributed by atoms with Crippen LogP contribution in [-0.4, -0.2) is 4.98 Å². The maximum Gasteiger partial charge on any atom is 0.227 e. The highest BCUT2D eigenvalue weighted by atomic mass is 16.3. The number of benzene rings is 3. The molecule has 23 heavy (non-hydrogen) atoms. The second-order valence-electron chi connectivity index (χ2n) is 5.87. The molecule has 0 aliphatic rings. The zero-order valence-electron chi connectivity index (χ0n) is 13.2. The molecule has 0 spiro atoms. The number of fused-ring (bicyclic) bond motifs is 1. The predicted molar refractivity (Wildman–Crippen MR) is 94.4 cm³/mol. The van der Waals surface area contributed by atoms with E-state index in [4.69, 9.17) is 4.42 Å². The highest BCUT2D eigenvalue weighted by Gasteiger charge is 2.10. The van der Waals surface area contributed by atoms with Crippen molar-refractivity contribution in [1.29, 1.82) is 0 Å². The molecule has 0 aliphatic carbocycles. The van der Waals surface area contributed by atoms with Crippen LogP contribution in [0.15, 0.2) is 71.1 Å². The third kappa shape index (κ3) is 2.53. The average molecular weight is 299 g/mol. The van der Waals surface area contributed by atoms with E-state index in [1.807, 2.05) is 30.3 Å². The monoisotopic (exact) mass is 299 g/mol. The Hall–Kier alpha value is -2.87. The van der Waals surface area contributed by atoms with Crippen LogP contribution in [0.4, 0.5) is 0 Å². The van der Waals surface area contributed by atoms with Gasteiger partial charge in [-0.1, -0.05) is 42.5 Å². The Balaban J connectivity index is 1.82. The lowest BCUT2D eigenvalue weighted by molar-refractivity contribution is 0.619. The second kappa shape index (κ2) is 5.40. The fourth-order valence-electron chi connectivity index (χ4n) is 2.77. The normalized spacial score (nSPS) is 11.0. The molecule has 0 saturated heterocycles. The van der Waals surface area contributed by atoms with Crippen LogP contribution in [0, 0.1) is 13.8 Å². The summed E-state index contributed by atoms with van der Waals surface area (Å²) >= 11 is 0. The Morgan fingerprint density at radius 2 is 1.39 bits per heavy atom. The van der Waals surface area contributed by atoms with Gasteiger partial charge in [0.25, 0.3) is 0 Å². The Morgan fingerprint density at radius 3 is 2.22 bits per heavy atom. The second-order valence-corrected chi connectivity index (χ2v) is 5.87. The van der Waals surface area contributed by atoms with Crippen LogP contribution in [0.25, 0.3) is 33.7 Å². The van der Waals surface area contributed by atoms with Crippen molar-refractivity contribution in [3.05, 3.63) is 77.9 Å². The standard InChI is InChI=1S/C21H17NO/c1-14-11-19-20(12-15(14)2)23-21(22-19)18-10-6-9-17(13-18)16-7-4-3-5-8-16/h3-13H,1-2H3. The molecule has 0 fully saturated rings. The highest BCUT2D eigenvalue weighted by molar-refractivity contribution is 5.79. The number of aryl methyl sites for hydroxylation is 2. The minimum Gasteiger partial charge on any atom is -0.436 e. The molecule has 1 heterocycles. The molecular weight excluding hydrogens is 282 g/mol. The summed E-state index contributed by atoms with van der Waals surface area (Å²) in [7, 11) is 0. The predicted octanol–water partition coefficient (Wildman–Crippen LogP) is 5.78.